The van der Waals surface area contributed by atoms with Gasteiger partial charge in [0.2, 0.25) is 0 Å². The van der Waals surface area contributed by atoms with Gasteiger partial charge >= 0.3 is 0 Å². The molecule has 0 aliphatic carbocycles. The van der Waals surface area contributed by atoms with Crippen LogP contribution < -0.4 is 5.32 Å². The van der Waals surface area contributed by atoms with Crippen LogP contribution in [0.5, 0.6) is 0 Å². The minimum absolute atomic E-state index is 0.604. The molecule has 1 N–H and O–H groups in total. The highest BCUT2D eigenvalue weighted by atomic mass is 35.5. The van der Waals surface area contributed by atoms with E-state index >= 15 is 0 Å². The summed E-state index contributed by atoms with van der Waals surface area (Å²) in [6.45, 7) is 5.14. The molecule has 0 radical (unpaired) electrons. The largest absolute Gasteiger partial charge is 0.369 e. The standard InChI is InChI=1S/C19H17Cl2N3/c1-11-5-12(2)7-13(6-11)18-17-3-4-22-19(17)24(23-18)16-9-14(20)8-15(21)10-16/h5-10,22H,3-4H2,1-2H3. The number of hydrogen-bond acceptors (Lipinski definition) is 2. The van der Waals surface area contributed by atoms with Gasteiger partial charge in [0.1, 0.15) is 5.82 Å². The van der Waals surface area contributed by atoms with Gasteiger partial charge in [-0.25, -0.2) is 4.68 Å². The normalized spacial score (nSPS) is 13.0. The van der Waals surface area contributed by atoms with E-state index in [2.05, 4.69) is 37.4 Å². The minimum atomic E-state index is 0.604. The Hall–Kier alpha value is -1.97. The highest BCUT2D eigenvalue weighted by Crippen LogP contribution is 2.36. The molecule has 1 aliphatic heterocycles. The van der Waals surface area contributed by atoms with Gasteiger partial charge in [0.05, 0.1) is 11.4 Å². The van der Waals surface area contributed by atoms with Crippen molar-refractivity contribution in [2.45, 2.75) is 20.3 Å². The van der Waals surface area contributed by atoms with Gasteiger partial charge in [-0.3, -0.25) is 0 Å². The molecule has 5 heteroatoms. The van der Waals surface area contributed by atoms with E-state index in [9.17, 15) is 0 Å². The monoisotopic (exact) mass is 357 g/mol. The van der Waals surface area contributed by atoms with E-state index in [-0.39, 0.29) is 0 Å². The molecule has 24 heavy (non-hydrogen) atoms. The van der Waals surface area contributed by atoms with Crippen molar-refractivity contribution >= 4 is 29.0 Å². The molecule has 4 rings (SSSR count). The van der Waals surface area contributed by atoms with Crippen LogP contribution in [-0.4, -0.2) is 16.3 Å². The second-order valence-electron chi connectivity index (χ2n) is 6.27. The molecule has 0 atom stereocenters. The van der Waals surface area contributed by atoms with Crippen LogP contribution in [0.15, 0.2) is 36.4 Å². The molecule has 0 saturated carbocycles. The van der Waals surface area contributed by atoms with Gasteiger partial charge in [-0.1, -0.05) is 40.4 Å². The maximum absolute atomic E-state index is 6.17. The van der Waals surface area contributed by atoms with Crippen molar-refractivity contribution in [2.24, 2.45) is 0 Å². The van der Waals surface area contributed by atoms with Crippen LogP contribution in [0.2, 0.25) is 10.0 Å². The molecule has 0 unspecified atom stereocenters. The molecule has 2 aromatic carbocycles. The van der Waals surface area contributed by atoms with Gasteiger partial charge < -0.3 is 5.32 Å². The van der Waals surface area contributed by atoms with Crippen LogP contribution >= 0.6 is 23.2 Å². The fourth-order valence-electron chi connectivity index (χ4n) is 3.37. The van der Waals surface area contributed by atoms with Gasteiger partial charge in [-0.15, -0.1) is 0 Å². The number of hydrogen-bond donors (Lipinski definition) is 1. The lowest BCUT2D eigenvalue weighted by atomic mass is 10.0. The Labute approximate surface area is 151 Å². The van der Waals surface area contributed by atoms with Crippen molar-refractivity contribution in [1.29, 1.82) is 0 Å². The van der Waals surface area contributed by atoms with Gasteiger partial charge in [-0.2, -0.15) is 5.10 Å². The molecule has 0 fully saturated rings. The third-order valence-corrected chi connectivity index (χ3v) is 4.67. The molecule has 0 spiro atoms. The predicted octanol–water partition coefficient (Wildman–Crippen LogP) is 5.43. The molecule has 2 heterocycles. The van der Waals surface area contributed by atoms with Crippen molar-refractivity contribution in [2.75, 3.05) is 11.9 Å². The summed E-state index contributed by atoms with van der Waals surface area (Å²) >= 11 is 12.3. The first kappa shape index (κ1) is 15.6. The van der Waals surface area contributed by atoms with Gasteiger partial charge in [0.15, 0.2) is 0 Å². The average Bonchev–Trinajstić information content (AvgIpc) is 3.06. The Bertz CT molecular complexity index is 830. The van der Waals surface area contributed by atoms with E-state index in [1.54, 1.807) is 6.07 Å². The van der Waals surface area contributed by atoms with Crippen LogP contribution in [0.4, 0.5) is 5.82 Å². The number of nitrogens with one attached hydrogen (secondary N) is 1. The number of aromatic nitrogens is 2. The highest BCUT2D eigenvalue weighted by molar-refractivity contribution is 6.34. The minimum Gasteiger partial charge on any atom is -0.369 e. The van der Waals surface area contributed by atoms with Gasteiger partial charge in [0, 0.05) is 27.7 Å². The van der Waals surface area contributed by atoms with Gasteiger partial charge in [0.25, 0.3) is 0 Å². The number of fused-ring (bicyclic) bond motifs is 1. The molecular formula is C19H17Cl2N3. The SMILES string of the molecule is Cc1cc(C)cc(-c2nn(-c3cc(Cl)cc(Cl)c3)c3c2CCN3)c1. The second-order valence-corrected chi connectivity index (χ2v) is 7.14. The molecule has 0 bridgehead atoms. The van der Waals surface area contributed by atoms with Crippen molar-refractivity contribution in [3.05, 3.63) is 63.1 Å². The predicted molar refractivity (Wildman–Crippen MR) is 101 cm³/mol. The lowest BCUT2D eigenvalue weighted by Crippen LogP contribution is -2.04. The van der Waals surface area contributed by atoms with Crippen molar-refractivity contribution in [3.8, 4) is 16.9 Å². The molecule has 3 aromatic rings. The van der Waals surface area contributed by atoms with Crippen LogP contribution in [0.3, 0.4) is 0 Å². The summed E-state index contributed by atoms with van der Waals surface area (Å²) in [6.07, 6.45) is 0.964. The van der Waals surface area contributed by atoms with E-state index in [0.29, 0.717) is 10.0 Å². The highest BCUT2D eigenvalue weighted by Gasteiger charge is 2.24. The van der Waals surface area contributed by atoms with E-state index < -0.39 is 0 Å². The first-order chi connectivity index (χ1) is 11.5. The molecular weight excluding hydrogens is 341 g/mol. The van der Waals surface area contributed by atoms with Crippen LogP contribution in [0, 0.1) is 13.8 Å². The summed E-state index contributed by atoms with van der Waals surface area (Å²) < 4.78 is 1.91. The lowest BCUT2D eigenvalue weighted by Gasteiger charge is -2.08. The quantitative estimate of drug-likeness (QED) is 0.662. The van der Waals surface area contributed by atoms with Crippen molar-refractivity contribution in [3.63, 3.8) is 0 Å². The smallest absolute Gasteiger partial charge is 0.133 e. The zero-order valence-electron chi connectivity index (χ0n) is 13.5. The number of aryl methyl sites for hydroxylation is 2. The van der Waals surface area contributed by atoms with Crippen LogP contribution in [-0.2, 0) is 6.42 Å². The number of benzene rings is 2. The van der Waals surface area contributed by atoms with E-state index in [0.717, 1.165) is 35.7 Å². The van der Waals surface area contributed by atoms with Crippen LogP contribution in [0.1, 0.15) is 16.7 Å². The lowest BCUT2D eigenvalue weighted by molar-refractivity contribution is 0.882. The van der Waals surface area contributed by atoms with E-state index in [1.807, 2.05) is 16.8 Å². The zero-order chi connectivity index (χ0) is 16.8. The Balaban J connectivity index is 1.92. The topological polar surface area (TPSA) is 29.9 Å². The maximum Gasteiger partial charge on any atom is 0.133 e. The Morgan fingerprint density at radius 3 is 2.29 bits per heavy atom. The molecule has 0 saturated heterocycles. The summed E-state index contributed by atoms with van der Waals surface area (Å²) in [5.74, 6) is 1.03. The summed E-state index contributed by atoms with van der Waals surface area (Å²) in [4.78, 5) is 0. The molecule has 0 amide bonds. The maximum atomic E-state index is 6.17. The molecule has 1 aromatic heterocycles. The number of halogens is 2. The Kier molecular flexibility index (Phi) is 3.78. The zero-order valence-corrected chi connectivity index (χ0v) is 15.0. The fourth-order valence-corrected chi connectivity index (χ4v) is 3.88. The molecule has 1 aliphatic rings. The summed E-state index contributed by atoms with van der Waals surface area (Å²) in [7, 11) is 0. The fraction of sp³-hybridized carbons (Fsp3) is 0.211. The summed E-state index contributed by atoms with van der Waals surface area (Å²) in [6, 6.07) is 12.0. The van der Waals surface area contributed by atoms with Gasteiger partial charge in [-0.05, 0) is 50.6 Å². The van der Waals surface area contributed by atoms with Crippen LogP contribution in [0.25, 0.3) is 16.9 Å². The Morgan fingerprint density at radius 1 is 0.958 bits per heavy atom. The molecule has 3 nitrogen and oxygen atoms in total. The molecule has 122 valence electrons. The average molecular weight is 358 g/mol. The number of anilines is 1. The van der Waals surface area contributed by atoms with E-state index in [1.165, 1.54) is 16.7 Å². The Morgan fingerprint density at radius 2 is 1.62 bits per heavy atom. The second kappa shape index (κ2) is 5.83. The summed E-state index contributed by atoms with van der Waals surface area (Å²) in [5.41, 5.74) is 6.78. The van der Waals surface area contributed by atoms with Crippen molar-refractivity contribution in [1.82, 2.24) is 9.78 Å². The first-order valence-corrected chi connectivity index (χ1v) is 8.68. The first-order valence-electron chi connectivity index (χ1n) is 7.92. The third-order valence-electron chi connectivity index (χ3n) is 4.24. The van der Waals surface area contributed by atoms with E-state index in [4.69, 9.17) is 28.3 Å². The number of rotatable bonds is 2. The number of nitrogens with zero attached hydrogens (tertiary/aromatic N) is 2. The summed E-state index contributed by atoms with van der Waals surface area (Å²) in [5, 5.41) is 9.52. The third kappa shape index (κ3) is 2.68. The van der Waals surface area contributed by atoms with Crippen molar-refractivity contribution < 1.29 is 0 Å².